The Morgan fingerprint density at radius 1 is 0.333 bits per heavy atom. The predicted octanol–water partition coefficient (Wildman–Crippen LogP) is 18.1. The van der Waals surface area contributed by atoms with Gasteiger partial charge in [0.2, 0.25) is 0 Å². The van der Waals surface area contributed by atoms with Crippen molar-refractivity contribution in [2.45, 2.75) is 297 Å². The number of allylic oxidation sites excluding steroid dienone is 6. The van der Waals surface area contributed by atoms with Crippen molar-refractivity contribution in [2.75, 3.05) is 13.2 Å². The number of hydrogen-bond donors (Lipinski definition) is 0. The maximum Gasteiger partial charge on any atom is 0.306 e. The van der Waals surface area contributed by atoms with E-state index in [1.54, 1.807) is 0 Å². The zero-order valence-electron chi connectivity index (χ0n) is 42.1. The summed E-state index contributed by atoms with van der Waals surface area (Å²) >= 11 is 0. The lowest BCUT2D eigenvalue weighted by atomic mass is 10.0. The molecule has 0 aliphatic carbocycles. The van der Waals surface area contributed by atoms with Crippen molar-refractivity contribution in [3.05, 3.63) is 36.5 Å². The summed E-state index contributed by atoms with van der Waals surface area (Å²) in [6, 6.07) is 0. The van der Waals surface area contributed by atoms with E-state index in [2.05, 4.69) is 57.2 Å². The molecule has 0 aliphatic heterocycles. The zero-order valence-corrected chi connectivity index (χ0v) is 42.1. The third kappa shape index (κ3) is 50.5. The van der Waals surface area contributed by atoms with Crippen LogP contribution >= 0.6 is 0 Å². The number of carbonyl (C=O) groups is 3. The van der Waals surface area contributed by atoms with E-state index in [-0.39, 0.29) is 31.1 Å². The Labute approximate surface area is 391 Å². The molecule has 0 radical (unpaired) electrons. The van der Waals surface area contributed by atoms with Gasteiger partial charge in [0, 0.05) is 19.3 Å². The number of carbonyl (C=O) groups excluding carboxylic acids is 3. The van der Waals surface area contributed by atoms with Crippen molar-refractivity contribution in [3.8, 4) is 0 Å². The van der Waals surface area contributed by atoms with Gasteiger partial charge < -0.3 is 14.2 Å². The van der Waals surface area contributed by atoms with E-state index in [0.29, 0.717) is 19.3 Å². The fourth-order valence-electron chi connectivity index (χ4n) is 8.05. The van der Waals surface area contributed by atoms with E-state index in [1.807, 2.05) is 0 Å². The maximum absolute atomic E-state index is 12.8. The van der Waals surface area contributed by atoms with Gasteiger partial charge in [-0.3, -0.25) is 14.4 Å². The minimum absolute atomic E-state index is 0.0729. The van der Waals surface area contributed by atoms with E-state index in [0.717, 1.165) is 96.3 Å². The lowest BCUT2D eigenvalue weighted by molar-refractivity contribution is -0.167. The molecule has 0 saturated carbocycles. The largest absolute Gasteiger partial charge is 0.462 e. The van der Waals surface area contributed by atoms with Crippen LogP contribution in [0, 0.1) is 0 Å². The molecular weight excluding hydrogens is 781 g/mol. The number of unbranched alkanes of at least 4 members (excludes halogenated alkanes) is 33. The van der Waals surface area contributed by atoms with Crippen LogP contribution in [-0.2, 0) is 28.6 Å². The second-order valence-corrected chi connectivity index (χ2v) is 18.5. The summed E-state index contributed by atoms with van der Waals surface area (Å²) in [5, 5.41) is 0. The standard InChI is InChI=1S/C57H104O6/c1-4-7-10-13-16-19-22-25-28-31-34-37-40-43-46-49-55(58)61-52-54(63-57(60)51-48-45-42-39-36-33-30-27-24-21-18-15-12-9-6-3)53-62-56(59)50-47-44-41-38-35-32-29-26-23-20-17-14-11-8-5-2/h7,10,16,19,25,28,54H,4-6,8-9,11-15,17-18,20-24,26-27,29-53H2,1-3H3/b10-7+,19-16+,28-25+/t54-/m0/s1. The normalized spacial score (nSPS) is 12.2. The van der Waals surface area contributed by atoms with Crippen LogP contribution in [0.15, 0.2) is 36.5 Å². The molecule has 1 atom stereocenters. The van der Waals surface area contributed by atoms with Crippen LogP contribution in [0.5, 0.6) is 0 Å². The van der Waals surface area contributed by atoms with Gasteiger partial charge in [0.15, 0.2) is 6.10 Å². The molecule has 0 aliphatic rings. The molecule has 6 nitrogen and oxygen atoms in total. The molecule has 6 heteroatoms. The van der Waals surface area contributed by atoms with Crippen LogP contribution in [0.2, 0.25) is 0 Å². The minimum Gasteiger partial charge on any atom is -0.462 e. The third-order valence-electron chi connectivity index (χ3n) is 12.2. The lowest BCUT2D eigenvalue weighted by Gasteiger charge is -2.18. The van der Waals surface area contributed by atoms with Crippen LogP contribution in [0.25, 0.3) is 0 Å². The average molecular weight is 885 g/mol. The van der Waals surface area contributed by atoms with Gasteiger partial charge in [-0.15, -0.1) is 0 Å². The van der Waals surface area contributed by atoms with E-state index in [9.17, 15) is 14.4 Å². The highest BCUT2D eigenvalue weighted by Crippen LogP contribution is 2.16. The molecule has 0 unspecified atom stereocenters. The average Bonchev–Trinajstić information content (AvgIpc) is 3.28. The van der Waals surface area contributed by atoms with Gasteiger partial charge in [0.1, 0.15) is 13.2 Å². The molecule has 0 rings (SSSR count). The Bertz CT molecular complexity index is 1060. The zero-order chi connectivity index (χ0) is 45.8. The predicted molar refractivity (Wildman–Crippen MR) is 270 cm³/mol. The van der Waals surface area contributed by atoms with Gasteiger partial charge in [0.05, 0.1) is 0 Å². The molecular formula is C57H104O6. The van der Waals surface area contributed by atoms with Crippen molar-refractivity contribution < 1.29 is 28.6 Å². The minimum atomic E-state index is -0.774. The Morgan fingerprint density at radius 2 is 0.619 bits per heavy atom. The quantitative estimate of drug-likeness (QED) is 0.0262. The first-order chi connectivity index (χ1) is 31.0. The molecule has 0 aromatic heterocycles. The summed E-state index contributed by atoms with van der Waals surface area (Å²) in [7, 11) is 0. The fraction of sp³-hybridized carbons (Fsp3) is 0.842. The molecule has 63 heavy (non-hydrogen) atoms. The molecule has 0 saturated heterocycles. The highest BCUT2D eigenvalue weighted by molar-refractivity contribution is 5.71. The molecule has 0 N–H and O–H groups in total. The Hall–Kier alpha value is -2.37. The molecule has 0 fully saturated rings. The van der Waals surface area contributed by atoms with Crippen LogP contribution in [-0.4, -0.2) is 37.2 Å². The van der Waals surface area contributed by atoms with E-state index in [1.165, 1.54) is 154 Å². The van der Waals surface area contributed by atoms with Crippen molar-refractivity contribution in [1.82, 2.24) is 0 Å². The first kappa shape index (κ1) is 60.6. The summed E-state index contributed by atoms with van der Waals surface area (Å²) in [4.78, 5) is 38.1. The second kappa shape index (κ2) is 52.3. The molecule has 0 amide bonds. The third-order valence-corrected chi connectivity index (χ3v) is 12.2. The summed E-state index contributed by atoms with van der Waals surface area (Å²) in [6.45, 7) is 6.55. The first-order valence-electron chi connectivity index (χ1n) is 27.5. The SMILES string of the molecule is CC/C=C/C/C=C/C/C=C/CCCCCCCC(=O)OC[C@@H](COC(=O)CCCCCCCCCCCCCCCCC)OC(=O)CCCCCCCCCCCCCCCCC. The highest BCUT2D eigenvalue weighted by atomic mass is 16.6. The van der Waals surface area contributed by atoms with Crippen molar-refractivity contribution in [1.29, 1.82) is 0 Å². The van der Waals surface area contributed by atoms with Gasteiger partial charge >= 0.3 is 17.9 Å². The van der Waals surface area contributed by atoms with E-state index < -0.39 is 6.10 Å². The fourth-order valence-corrected chi connectivity index (χ4v) is 8.05. The van der Waals surface area contributed by atoms with Crippen molar-refractivity contribution in [3.63, 3.8) is 0 Å². The van der Waals surface area contributed by atoms with Crippen LogP contribution in [0.3, 0.4) is 0 Å². The smallest absolute Gasteiger partial charge is 0.306 e. The number of rotatable bonds is 50. The first-order valence-corrected chi connectivity index (χ1v) is 27.5. The maximum atomic E-state index is 12.8. The molecule has 0 aromatic carbocycles. The topological polar surface area (TPSA) is 78.9 Å². The van der Waals surface area contributed by atoms with Crippen LogP contribution in [0.1, 0.15) is 290 Å². The molecule has 368 valence electrons. The summed E-state index contributed by atoms with van der Waals surface area (Å²) in [5.74, 6) is -0.874. The monoisotopic (exact) mass is 885 g/mol. The lowest BCUT2D eigenvalue weighted by Crippen LogP contribution is -2.30. The molecule has 0 bridgehead atoms. The Balaban J connectivity index is 4.36. The highest BCUT2D eigenvalue weighted by Gasteiger charge is 2.19. The van der Waals surface area contributed by atoms with Crippen LogP contribution in [0.4, 0.5) is 0 Å². The van der Waals surface area contributed by atoms with Gasteiger partial charge in [0.25, 0.3) is 0 Å². The summed E-state index contributed by atoms with van der Waals surface area (Å²) in [5.41, 5.74) is 0. The van der Waals surface area contributed by atoms with E-state index in [4.69, 9.17) is 14.2 Å². The number of hydrogen-bond acceptors (Lipinski definition) is 6. The molecule has 0 aromatic rings. The van der Waals surface area contributed by atoms with Gasteiger partial charge in [-0.25, -0.2) is 0 Å². The second-order valence-electron chi connectivity index (χ2n) is 18.5. The van der Waals surface area contributed by atoms with Gasteiger partial charge in [-0.2, -0.15) is 0 Å². The number of esters is 3. The molecule has 0 heterocycles. The van der Waals surface area contributed by atoms with Crippen molar-refractivity contribution >= 4 is 17.9 Å². The Morgan fingerprint density at radius 3 is 0.968 bits per heavy atom. The Kier molecular flexibility index (Phi) is 50.3. The van der Waals surface area contributed by atoms with Crippen molar-refractivity contribution in [2.24, 2.45) is 0 Å². The van der Waals surface area contributed by atoms with Gasteiger partial charge in [-0.1, -0.05) is 256 Å². The summed E-state index contributed by atoms with van der Waals surface area (Å²) in [6.07, 6.45) is 61.3. The van der Waals surface area contributed by atoms with Crippen LogP contribution < -0.4 is 0 Å². The number of ether oxygens (including phenoxy) is 3. The van der Waals surface area contributed by atoms with E-state index >= 15 is 0 Å². The van der Waals surface area contributed by atoms with Gasteiger partial charge in [-0.05, 0) is 51.4 Å². The molecule has 0 spiro atoms. The summed E-state index contributed by atoms with van der Waals surface area (Å²) < 4.78 is 16.8.